The van der Waals surface area contributed by atoms with Crippen LogP contribution in [0.5, 0.6) is 0 Å². The van der Waals surface area contributed by atoms with E-state index in [4.69, 9.17) is 0 Å². The molecule has 0 unspecified atom stereocenters. The molecule has 92 valence electrons. The summed E-state index contributed by atoms with van der Waals surface area (Å²) in [5.74, 6) is -1.03. The van der Waals surface area contributed by atoms with Gasteiger partial charge in [-0.2, -0.15) is 4.39 Å². The quantitative estimate of drug-likeness (QED) is 0.843. The third-order valence-electron chi connectivity index (χ3n) is 2.48. The second kappa shape index (κ2) is 5.40. The van der Waals surface area contributed by atoms with Crippen LogP contribution in [0.3, 0.4) is 0 Å². The molecule has 1 aromatic heterocycles. The average Bonchev–Trinajstić information content (AvgIpc) is 2.36. The van der Waals surface area contributed by atoms with E-state index in [0.29, 0.717) is 6.54 Å². The first-order valence-electron chi connectivity index (χ1n) is 5.61. The lowest BCUT2D eigenvalue weighted by Gasteiger charge is -2.05. The van der Waals surface area contributed by atoms with Gasteiger partial charge < -0.3 is 5.32 Å². The van der Waals surface area contributed by atoms with E-state index in [-0.39, 0.29) is 11.6 Å². The lowest BCUT2D eigenvalue weighted by molar-refractivity contribution is 0.0944. The molecule has 0 atom stereocenters. The summed E-state index contributed by atoms with van der Waals surface area (Å²) >= 11 is 0. The summed E-state index contributed by atoms with van der Waals surface area (Å²) in [6.07, 6.45) is 0. The van der Waals surface area contributed by atoms with Crippen LogP contribution in [0.4, 0.5) is 4.39 Å². The van der Waals surface area contributed by atoms with E-state index in [2.05, 4.69) is 10.3 Å². The van der Waals surface area contributed by atoms with E-state index in [1.165, 1.54) is 18.2 Å². The van der Waals surface area contributed by atoms with Crippen molar-refractivity contribution in [2.45, 2.75) is 13.5 Å². The fraction of sp³-hybridized carbons (Fsp3) is 0.143. The second-order valence-electron chi connectivity index (χ2n) is 4.02. The van der Waals surface area contributed by atoms with Crippen LogP contribution >= 0.6 is 0 Å². The minimum absolute atomic E-state index is 0.0858. The van der Waals surface area contributed by atoms with Gasteiger partial charge in [0.05, 0.1) is 0 Å². The third kappa shape index (κ3) is 3.13. The Kier molecular flexibility index (Phi) is 3.67. The molecule has 2 aromatic rings. The maximum absolute atomic E-state index is 12.9. The van der Waals surface area contributed by atoms with E-state index >= 15 is 0 Å². The van der Waals surface area contributed by atoms with Crippen LogP contribution in [-0.4, -0.2) is 10.9 Å². The number of carbonyl (C=O) groups excluding carboxylic acids is 1. The van der Waals surface area contributed by atoms with Crippen molar-refractivity contribution in [2.75, 3.05) is 0 Å². The molecule has 1 amide bonds. The SMILES string of the molecule is Cc1cccc(CNC(=O)c2cccc(F)n2)c1. The van der Waals surface area contributed by atoms with Crippen molar-refractivity contribution in [2.24, 2.45) is 0 Å². The van der Waals surface area contributed by atoms with E-state index < -0.39 is 5.95 Å². The zero-order valence-corrected chi connectivity index (χ0v) is 9.98. The standard InChI is InChI=1S/C14H13FN2O/c1-10-4-2-5-11(8-10)9-16-14(18)12-6-3-7-13(15)17-12/h2-8H,9H2,1H3,(H,16,18). The van der Waals surface area contributed by atoms with E-state index in [1.54, 1.807) is 0 Å². The molecular formula is C14H13FN2O. The van der Waals surface area contributed by atoms with E-state index in [9.17, 15) is 9.18 Å². The van der Waals surface area contributed by atoms with Crippen molar-refractivity contribution in [1.29, 1.82) is 0 Å². The summed E-state index contributed by atoms with van der Waals surface area (Å²) < 4.78 is 12.9. The molecule has 0 bridgehead atoms. The summed E-state index contributed by atoms with van der Waals surface area (Å²) in [6.45, 7) is 2.39. The van der Waals surface area contributed by atoms with Gasteiger partial charge >= 0.3 is 0 Å². The van der Waals surface area contributed by atoms with Crippen LogP contribution in [0.2, 0.25) is 0 Å². The second-order valence-corrected chi connectivity index (χ2v) is 4.02. The largest absolute Gasteiger partial charge is 0.347 e. The Morgan fingerprint density at radius 3 is 2.78 bits per heavy atom. The maximum atomic E-state index is 12.9. The molecule has 0 aliphatic carbocycles. The van der Waals surface area contributed by atoms with Gasteiger partial charge in [-0.1, -0.05) is 35.9 Å². The van der Waals surface area contributed by atoms with Crippen LogP contribution in [0, 0.1) is 12.9 Å². The topological polar surface area (TPSA) is 42.0 Å². The highest BCUT2D eigenvalue weighted by Gasteiger charge is 2.07. The van der Waals surface area contributed by atoms with Crippen LogP contribution < -0.4 is 5.32 Å². The number of amides is 1. The van der Waals surface area contributed by atoms with Gasteiger partial charge in [0.2, 0.25) is 5.95 Å². The Labute approximate surface area is 105 Å². The first kappa shape index (κ1) is 12.2. The molecule has 4 heteroatoms. The number of pyridine rings is 1. The Morgan fingerprint density at radius 2 is 2.06 bits per heavy atom. The highest BCUT2D eigenvalue weighted by molar-refractivity contribution is 5.92. The number of rotatable bonds is 3. The Bertz CT molecular complexity index is 569. The fourth-order valence-electron chi connectivity index (χ4n) is 1.63. The predicted octanol–water partition coefficient (Wildman–Crippen LogP) is 2.46. The van der Waals surface area contributed by atoms with E-state index in [1.807, 2.05) is 31.2 Å². The van der Waals surface area contributed by atoms with Gasteiger partial charge in [-0.25, -0.2) is 4.98 Å². The molecule has 3 nitrogen and oxygen atoms in total. The molecule has 1 aromatic carbocycles. The number of nitrogens with one attached hydrogen (secondary N) is 1. The number of hydrogen-bond acceptors (Lipinski definition) is 2. The lowest BCUT2D eigenvalue weighted by Crippen LogP contribution is -2.24. The average molecular weight is 244 g/mol. The molecule has 18 heavy (non-hydrogen) atoms. The number of benzene rings is 1. The van der Waals surface area contributed by atoms with Gasteiger partial charge in [-0.15, -0.1) is 0 Å². The minimum Gasteiger partial charge on any atom is -0.347 e. The van der Waals surface area contributed by atoms with Gasteiger partial charge in [0.25, 0.3) is 5.91 Å². The number of aromatic nitrogens is 1. The van der Waals surface area contributed by atoms with Crippen molar-refractivity contribution in [1.82, 2.24) is 10.3 Å². The normalized spacial score (nSPS) is 10.1. The van der Waals surface area contributed by atoms with Crippen molar-refractivity contribution in [3.8, 4) is 0 Å². The summed E-state index contributed by atoms with van der Waals surface area (Å²) in [6, 6.07) is 12.0. The van der Waals surface area contributed by atoms with E-state index in [0.717, 1.165) is 11.1 Å². The molecule has 2 rings (SSSR count). The van der Waals surface area contributed by atoms with Crippen LogP contribution in [0.25, 0.3) is 0 Å². The molecule has 1 heterocycles. The molecule has 0 saturated carbocycles. The van der Waals surface area contributed by atoms with Crippen molar-refractivity contribution < 1.29 is 9.18 Å². The zero-order chi connectivity index (χ0) is 13.0. The summed E-state index contributed by atoms with van der Waals surface area (Å²) in [5, 5.41) is 2.70. The van der Waals surface area contributed by atoms with Gasteiger partial charge in [0.1, 0.15) is 5.69 Å². The molecule has 1 N–H and O–H groups in total. The van der Waals surface area contributed by atoms with Crippen LogP contribution in [0.15, 0.2) is 42.5 Å². The zero-order valence-electron chi connectivity index (χ0n) is 9.98. The summed E-state index contributed by atoms with van der Waals surface area (Å²) in [5.41, 5.74) is 2.22. The fourth-order valence-corrected chi connectivity index (χ4v) is 1.63. The van der Waals surface area contributed by atoms with Gasteiger partial charge in [0, 0.05) is 6.54 Å². The summed E-state index contributed by atoms with van der Waals surface area (Å²) in [7, 11) is 0. The number of carbonyl (C=O) groups is 1. The first-order chi connectivity index (χ1) is 8.65. The molecule has 0 spiro atoms. The molecule has 0 aliphatic rings. The minimum atomic E-state index is -0.654. The number of aryl methyl sites for hydroxylation is 1. The van der Waals surface area contributed by atoms with Crippen molar-refractivity contribution in [3.63, 3.8) is 0 Å². The number of nitrogens with zero attached hydrogens (tertiary/aromatic N) is 1. The highest BCUT2D eigenvalue weighted by Crippen LogP contribution is 2.04. The number of halogens is 1. The third-order valence-corrected chi connectivity index (χ3v) is 2.48. The molecular weight excluding hydrogens is 231 g/mol. The highest BCUT2D eigenvalue weighted by atomic mass is 19.1. The summed E-state index contributed by atoms with van der Waals surface area (Å²) in [4.78, 5) is 15.2. The van der Waals surface area contributed by atoms with Crippen molar-refractivity contribution >= 4 is 5.91 Å². The molecule has 0 aliphatic heterocycles. The Morgan fingerprint density at radius 1 is 1.28 bits per heavy atom. The number of hydrogen-bond donors (Lipinski definition) is 1. The lowest BCUT2D eigenvalue weighted by atomic mass is 10.1. The molecule has 0 radical (unpaired) electrons. The Balaban J connectivity index is 2.00. The van der Waals surface area contributed by atoms with Gasteiger partial charge in [-0.05, 0) is 24.6 Å². The molecule has 0 saturated heterocycles. The van der Waals surface area contributed by atoms with Crippen molar-refractivity contribution in [3.05, 3.63) is 65.2 Å². The van der Waals surface area contributed by atoms with Crippen LogP contribution in [0.1, 0.15) is 21.6 Å². The smallest absolute Gasteiger partial charge is 0.270 e. The maximum Gasteiger partial charge on any atom is 0.270 e. The monoisotopic (exact) mass is 244 g/mol. The van der Waals surface area contributed by atoms with Gasteiger partial charge in [0.15, 0.2) is 0 Å². The van der Waals surface area contributed by atoms with Gasteiger partial charge in [-0.3, -0.25) is 4.79 Å². The van der Waals surface area contributed by atoms with Crippen LogP contribution in [-0.2, 0) is 6.54 Å². The first-order valence-corrected chi connectivity index (χ1v) is 5.61. The predicted molar refractivity (Wildman–Crippen MR) is 66.5 cm³/mol. The Hall–Kier alpha value is -2.23. The molecule has 0 fully saturated rings.